The van der Waals surface area contributed by atoms with Crippen LogP contribution in [0.25, 0.3) is 0 Å². The normalized spacial score (nSPS) is 10.7. The Labute approximate surface area is 113 Å². The summed E-state index contributed by atoms with van der Waals surface area (Å²) in [5.41, 5.74) is 1.79. The van der Waals surface area contributed by atoms with E-state index in [4.69, 9.17) is 4.74 Å². The third-order valence-electron chi connectivity index (χ3n) is 2.95. The van der Waals surface area contributed by atoms with Gasteiger partial charge in [0.15, 0.2) is 5.78 Å². The number of carbonyl (C=O) groups is 1. The second kappa shape index (κ2) is 5.69. The van der Waals surface area contributed by atoms with Crippen LogP contribution in [0.2, 0.25) is 0 Å². The van der Waals surface area contributed by atoms with Crippen LogP contribution in [0.3, 0.4) is 0 Å². The Morgan fingerprint density at radius 2 is 2.00 bits per heavy atom. The summed E-state index contributed by atoms with van der Waals surface area (Å²) in [6.07, 6.45) is 3.43. The second-order valence-corrected chi connectivity index (χ2v) is 4.79. The molecule has 4 nitrogen and oxygen atoms in total. The molecule has 0 aliphatic carbocycles. The molecule has 0 N–H and O–H groups in total. The van der Waals surface area contributed by atoms with Gasteiger partial charge in [0.2, 0.25) is 0 Å². The van der Waals surface area contributed by atoms with Gasteiger partial charge in [-0.25, -0.2) is 0 Å². The van der Waals surface area contributed by atoms with E-state index in [-0.39, 0.29) is 11.7 Å². The van der Waals surface area contributed by atoms with Crippen molar-refractivity contribution in [2.45, 2.75) is 20.4 Å². The van der Waals surface area contributed by atoms with Gasteiger partial charge in [-0.05, 0) is 17.7 Å². The molecule has 0 unspecified atom stereocenters. The molecule has 0 radical (unpaired) electrons. The summed E-state index contributed by atoms with van der Waals surface area (Å²) < 4.78 is 6.89. The number of Topliss-reactive ketones (excluding diaryl/α,β-unsaturated/α-hetero) is 1. The van der Waals surface area contributed by atoms with Crippen LogP contribution in [0.15, 0.2) is 36.7 Å². The monoisotopic (exact) mass is 258 g/mol. The van der Waals surface area contributed by atoms with Crippen molar-refractivity contribution in [3.05, 3.63) is 47.8 Å². The average molecular weight is 258 g/mol. The van der Waals surface area contributed by atoms with Crippen molar-refractivity contribution in [2.75, 3.05) is 7.11 Å². The summed E-state index contributed by atoms with van der Waals surface area (Å²) in [6.45, 7) is 4.43. The van der Waals surface area contributed by atoms with Crippen molar-refractivity contribution in [1.82, 2.24) is 9.78 Å². The van der Waals surface area contributed by atoms with Crippen LogP contribution in [0.5, 0.6) is 5.75 Å². The number of rotatable bonds is 5. The maximum Gasteiger partial charge on any atom is 0.168 e. The number of aromatic nitrogens is 2. The highest BCUT2D eigenvalue weighted by Gasteiger charge is 2.12. The molecular formula is C15H18N2O2. The van der Waals surface area contributed by atoms with Crippen LogP contribution < -0.4 is 4.74 Å². The molecule has 1 aromatic carbocycles. The van der Waals surface area contributed by atoms with E-state index in [9.17, 15) is 4.79 Å². The van der Waals surface area contributed by atoms with Crippen LogP contribution in [0.1, 0.15) is 29.8 Å². The summed E-state index contributed by atoms with van der Waals surface area (Å²) in [5, 5.41) is 4.22. The van der Waals surface area contributed by atoms with E-state index in [1.807, 2.05) is 38.1 Å². The van der Waals surface area contributed by atoms with Gasteiger partial charge in [0.1, 0.15) is 5.75 Å². The maximum atomic E-state index is 11.8. The first-order valence-corrected chi connectivity index (χ1v) is 6.29. The molecule has 2 rings (SSSR count). The lowest BCUT2D eigenvalue weighted by Crippen LogP contribution is -2.06. The standard InChI is InChI=1S/C15H18N2O2/c1-11(2)15(18)13-8-16-17(10-13)9-12-4-6-14(19-3)7-5-12/h4-8,10-11H,9H2,1-3H3. The van der Waals surface area contributed by atoms with Crippen molar-refractivity contribution < 1.29 is 9.53 Å². The van der Waals surface area contributed by atoms with Crippen LogP contribution >= 0.6 is 0 Å². The predicted molar refractivity (Wildman–Crippen MR) is 73.5 cm³/mol. The molecular weight excluding hydrogens is 240 g/mol. The zero-order valence-corrected chi connectivity index (χ0v) is 11.5. The first kappa shape index (κ1) is 13.3. The third-order valence-corrected chi connectivity index (χ3v) is 2.95. The van der Waals surface area contributed by atoms with Gasteiger partial charge in [-0.15, -0.1) is 0 Å². The quantitative estimate of drug-likeness (QED) is 0.775. The molecule has 0 aliphatic heterocycles. The first-order chi connectivity index (χ1) is 9.10. The van der Waals surface area contributed by atoms with Crippen molar-refractivity contribution in [1.29, 1.82) is 0 Å². The van der Waals surface area contributed by atoms with E-state index >= 15 is 0 Å². The fraction of sp³-hybridized carbons (Fsp3) is 0.333. The van der Waals surface area contributed by atoms with E-state index in [1.165, 1.54) is 0 Å². The molecule has 100 valence electrons. The summed E-state index contributed by atoms with van der Waals surface area (Å²) in [4.78, 5) is 11.8. The van der Waals surface area contributed by atoms with Gasteiger partial charge in [-0.2, -0.15) is 5.10 Å². The number of ketones is 1. The highest BCUT2D eigenvalue weighted by Crippen LogP contribution is 2.13. The van der Waals surface area contributed by atoms with Gasteiger partial charge in [0, 0.05) is 12.1 Å². The molecule has 2 aromatic rings. The van der Waals surface area contributed by atoms with Gasteiger partial charge in [0.25, 0.3) is 0 Å². The number of carbonyl (C=O) groups excluding carboxylic acids is 1. The van der Waals surface area contributed by atoms with E-state index < -0.39 is 0 Å². The number of nitrogens with zero attached hydrogens (tertiary/aromatic N) is 2. The lowest BCUT2D eigenvalue weighted by Gasteiger charge is -2.04. The topological polar surface area (TPSA) is 44.1 Å². The van der Waals surface area contributed by atoms with Gasteiger partial charge in [-0.3, -0.25) is 9.48 Å². The van der Waals surface area contributed by atoms with Gasteiger partial charge in [-0.1, -0.05) is 26.0 Å². The van der Waals surface area contributed by atoms with Gasteiger partial charge >= 0.3 is 0 Å². The average Bonchev–Trinajstić information content (AvgIpc) is 2.87. The second-order valence-electron chi connectivity index (χ2n) is 4.79. The minimum absolute atomic E-state index is 0.00126. The van der Waals surface area contributed by atoms with Crippen LogP contribution in [0, 0.1) is 5.92 Å². The van der Waals surface area contributed by atoms with Crippen LogP contribution in [0.4, 0.5) is 0 Å². The van der Waals surface area contributed by atoms with E-state index in [0.29, 0.717) is 12.1 Å². The fourth-order valence-electron chi connectivity index (χ4n) is 1.83. The molecule has 1 aromatic heterocycles. The summed E-state index contributed by atoms with van der Waals surface area (Å²) in [5.74, 6) is 0.958. The molecule has 0 amide bonds. The molecule has 0 aliphatic rings. The Kier molecular flexibility index (Phi) is 4.00. The zero-order chi connectivity index (χ0) is 13.8. The number of hydrogen-bond acceptors (Lipinski definition) is 3. The van der Waals surface area contributed by atoms with E-state index in [1.54, 1.807) is 24.2 Å². The molecule has 0 atom stereocenters. The largest absolute Gasteiger partial charge is 0.497 e. The fourth-order valence-corrected chi connectivity index (χ4v) is 1.83. The summed E-state index contributed by atoms with van der Waals surface area (Å²) in [6, 6.07) is 7.81. The van der Waals surface area contributed by atoms with Crippen molar-refractivity contribution >= 4 is 5.78 Å². The Morgan fingerprint density at radius 1 is 1.32 bits per heavy atom. The minimum atomic E-state index is -0.00126. The molecule has 0 spiro atoms. The molecule has 19 heavy (non-hydrogen) atoms. The lowest BCUT2D eigenvalue weighted by molar-refractivity contribution is 0.0939. The van der Waals surface area contributed by atoms with Gasteiger partial charge < -0.3 is 4.74 Å². The Morgan fingerprint density at radius 3 is 2.58 bits per heavy atom. The van der Waals surface area contributed by atoms with Gasteiger partial charge in [0.05, 0.1) is 25.4 Å². The molecule has 0 saturated carbocycles. The smallest absolute Gasteiger partial charge is 0.168 e. The Hall–Kier alpha value is -2.10. The maximum absolute atomic E-state index is 11.8. The predicted octanol–water partition coefficient (Wildman–Crippen LogP) is 2.78. The van der Waals surface area contributed by atoms with Crippen LogP contribution in [-0.4, -0.2) is 22.7 Å². The summed E-state index contributed by atoms with van der Waals surface area (Å²) >= 11 is 0. The molecule has 4 heteroatoms. The Bertz CT molecular complexity index is 556. The zero-order valence-electron chi connectivity index (χ0n) is 11.5. The number of ether oxygens (including phenoxy) is 1. The molecule has 0 fully saturated rings. The number of methoxy groups -OCH3 is 1. The summed E-state index contributed by atoms with van der Waals surface area (Å²) in [7, 11) is 1.65. The first-order valence-electron chi connectivity index (χ1n) is 6.29. The molecule has 0 saturated heterocycles. The minimum Gasteiger partial charge on any atom is -0.497 e. The van der Waals surface area contributed by atoms with E-state index in [0.717, 1.165) is 11.3 Å². The van der Waals surface area contributed by atoms with Crippen LogP contribution in [-0.2, 0) is 6.54 Å². The van der Waals surface area contributed by atoms with E-state index in [2.05, 4.69) is 5.10 Å². The molecule has 1 heterocycles. The van der Waals surface area contributed by atoms with Crippen molar-refractivity contribution in [3.63, 3.8) is 0 Å². The Balaban J connectivity index is 2.09. The number of benzene rings is 1. The number of hydrogen-bond donors (Lipinski definition) is 0. The highest BCUT2D eigenvalue weighted by molar-refractivity contribution is 5.96. The SMILES string of the molecule is COc1ccc(Cn2cc(C(=O)C(C)C)cn2)cc1. The highest BCUT2D eigenvalue weighted by atomic mass is 16.5. The third kappa shape index (κ3) is 3.22. The van der Waals surface area contributed by atoms with Crippen molar-refractivity contribution in [3.8, 4) is 5.75 Å². The molecule has 0 bridgehead atoms. The lowest BCUT2D eigenvalue weighted by atomic mass is 10.0. The van der Waals surface area contributed by atoms with Crippen molar-refractivity contribution in [2.24, 2.45) is 5.92 Å².